The smallest absolute Gasteiger partial charge is 0.276 e. The fourth-order valence-electron chi connectivity index (χ4n) is 3.11. The molecule has 0 aliphatic carbocycles. The number of rotatable bonds is 5. The van der Waals surface area contributed by atoms with Gasteiger partial charge in [0.15, 0.2) is 5.69 Å². The van der Waals surface area contributed by atoms with Crippen molar-refractivity contribution in [2.45, 2.75) is 31.8 Å². The van der Waals surface area contributed by atoms with Gasteiger partial charge in [-0.3, -0.25) is 9.59 Å². The van der Waals surface area contributed by atoms with E-state index < -0.39 is 0 Å². The first-order valence-corrected chi connectivity index (χ1v) is 8.59. The van der Waals surface area contributed by atoms with Crippen molar-refractivity contribution < 1.29 is 14.0 Å². The summed E-state index contributed by atoms with van der Waals surface area (Å²) in [6.45, 7) is 0.709. The fraction of sp³-hybridized carbons (Fsp3) is 0.444. The zero-order valence-corrected chi connectivity index (χ0v) is 14.9. The maximum Gasteiger partial charge on any atom is 0.276 e. The lowest BCUT2D eigenvalue weighted by molar-refractivity contribution is -0.129. The number of likely N-dealkylation sites (N-methyl/N-ethyl adjacent to an activating group) is 1. The Morgan fingerprint density at radius 1 is 1.27 bits per heavy atom. The van der Waals surface area contributed by atoms with Crippen LogP contribution in [0.2, 0.25) is 0 Å². The first-order valence-electron chi connectivity index (χ1n) is 8.59. The SMILES string of the molecule is CN(C)C(=O)Cn1cc(C(=O)N2CCCC2Cc2ccc(F)cc2)nn1. The molecule has 2 aromatic rings. The fourth-order valence-corrected chi connectivity index (χ4v) is 3.11. The van der Waals surface area contributed by atoms with E-state index in [2.05, 4.69) is 10.3 Å². The summed E-state index contributed by atoms with van der Waals surface area (Å²) in [6, 6.07) is 6.42. The van der Waals surface area contributed by atoms with Crippen LogP contribution in [0.5, 0.6) is 0 Å². The second-order valence-corrected chi connectivity index (χ2v) is 6.71. The molecule has 8 heteroatoms. The molecule has 2 amide bonds. The Kier molecular flexibility index (Phi) is 5.29. The van der Waals surface area contributed by atoms with Gasteiger partial charge in [0.2, 0.25) is 5.91 Å². The van der Waals surface area contributed by atoms with Crippen LogP contribution in [0.1, 0.15) is 28.9 Å². The molecule has 26 heavy (non-hydrogen) atoms. The minimum absolute atomic E-state index is 0.0479. The largest absolute Gasteiger partial charge is 0.347 e. The van der Waals surface area contributed by atoms with Crippen LogP contribution in [0.4, 0.5) is 4.39 Å². The molecule has 1 fully saturated rings. The lowest BCUT2D eigenvalue weighted by Crippen LogP contribution is -2.37. The molecule has 1 aliphatic heterocycles. The molecular weight excluding hydrogens is 337 g/mol. The molecular formula is C18H22FN5O2. The van der Waals surface area contributed by atoms with Crippen molar-refractivity contribution >= 4 is 11.8 Å². The van der Waals surface area contributed by atoms with E-state index in [9.17, 15) is 14.0 Å². The van der Waals surface area contributed by atoms with Gasteiger partial charge in [0.05, 0.1) is 6.20 Å². The van der Waals surface area contributed by atoms with Crippen molar-refractivity contribution in [3.05, 3.63) is 47.5 Å². The van der Waals surface area contributed by atoms with E-state index in [0.717, 1.165) is 18.4 Å². The molecule has 0 saturated carbocycles. The lowest BCUT2D eigenvalue weighted by Gasteiger charge is -2.23. The topological polar surface area (TPSA) is 71.3 Å². The molecule has 7 nitrogen and oxygen atoms in total. The molecule has 138 valence electrons. The number of likely N-dealkylation sites (tertiary alicyclic amines) is 1. The molecule has 1 atom stereocenters. The summed E-state index contributed by atoms with van der Waals surface area (Å²) >= 11 is 0. The van der Waals surface area contributed by atoms with Crippen molar-refractivity contribution in [3.63, 3.8) is 0 Å². The van der Waals surface area contributed by atoms with Crippen LogP contribution in [0.15, 0.2) is 30.5 Å². The normalized spacial score (nSPS) is 16.7. The third-order valence-electron chi connectivity index (χ3n) is 4.58. The Morgan fingerprint density at radius 2 is 2.00 bits per heavy atom. The highest BCUT2D eigenvalue weighted by atomic mass is 19.1. The number of benzene rings is 1. The van der Waals surface area contributed by atoms with Gasteiger partial charge in [0.25, 0.3) is 5.91 Å². The summed E-state index contributed by atoms with van der Waals surface area (Å²) in [5.74, 6) is -0.570. The highest BCUT2D eigenvalue weighted by Gasteiger charge is 2.31. The molecule has 1 aliphatic rings. The van der Waals surface area contributed by atoms with E-state index in [1.54, 1.807) is 31.1 Å². The van der Waals surface area contributed by atoms with Gasteiger partial charge in [0, 0.05) is 26.7 Å². The molecule has 3 rings (SSSR count). The molecule has 0 spiro atoms. The minimum atomic E-state index is -0.267. The van der Waals surface area contributed by atoms with Crippen molar-refractivity contribution in [2.24, 2.45) is 0 Å². The van der Waals surface area contributed by atoms with Gasteiger partial charge in [-0.05, 0) is 37.0 Å². The van der Waals surface area contributed by atoms with E-state index in [1.165, 1.54) is 27.9 Å². The van der Waals surface area contributed by atoms with E-state index in [1.807, 2.05) is 0 Å². The monoisotopic (exact) mass is 359 g/mol. The highest BCUT2D eigenvalue weighted by molar-refractivity contribution is 5.92. The molecule has 0 N–H and O–H groups in total. The van der Waals surface area contributed by atoms with Crippen LogP contribution in [0, 0.1) is 5.82 Å². The maximum atomic E-state index is 13.1. The van der Waals surface area contributed by atoms with Gasteiger partial charge in [0.1, 0.15) is 12.4 Å². The summed E-state index contributed by atoms with van der Waals surface area (Å²) in [5, 5.41) is 7.81. The molecule has 1 saturated heterocycles. The minimum Gasteiger partial charge on any atom is -0.347 e. The van der Waals surface area contributed by atoms with Gasteiger partial charge >= 0.3 is 0 Å². The third-order valence-corrected chi connectivity index (χ3v) is 4.58. The second-order valence-electron chi connectivity index (χ2n) is 6.71. The van der Waals surface area contributed by atoms with E-state index >= 15 is 0 Å². The average molecular weight is 359 g/mol. The van der Waals surface area contributed by atoms with Crippen LogP contribution in [-0.4, -0.2) is 63.3 Å². The van der Waals surface area contributed by atoms with Gasteiger partial charge in [-0.1, -0.05) is 17.3 Å². The third kappa shape index (κ3) is 4.07. The summed E-state index contributed by atoms with van der Waals surface area (Å²) in [7, 11) is 3.32. The Labute approximate surface area is 151 Å². The Morgan fingerprint density at radius 3 is 2.69 bits per heavy atom. The van der Waals surface area contributed by atoms with Crippen LogP contribution in [0.3, 0.4) is 0 Å². The summed E-state index contributed by atoms with van der Waals surface area (Å²) in [4.78, 5) is 27.8. The second kappa shape index (κ2) is 7.63. The molecule has 0 radical (unpaired) electrons. The predicted octanol–water partition coefficient (Wildman–Crippen LogP) is 1.35. The van der Waals surface area contributed by atoms with Gasteiger partial charge in [-0.25, -0.2) is 9.07 Å². The van der Waals surface area contributed by atoms with Gasteiger partial charge < -0.3 is 9.80 Å². The first-order chi connectivity index (χ1) is 12.4. The zero-order chi connectivity index (χ0) is 18.7. The summed E-state index contributed by atoms with van der Waals surface area (Å²) in [6.07, 6.45) is 4.01. The van der Waals surface area contributed by atoms with Crippen LogP contribution < -0.4 is 0 Å². The maximum absolute atomic E-state index is 13.1. The number of hydrogen-bond acceptors (Lipinski definition) is 4. The van der Waals surface area contributed by atoms with Crippen LogP contribution >= 0.6 is 0 Å². The van der Waals surface area contributed by atoms with E-state index in [0.29, 0.717) is 13.0 Å². The summed E-state index contributed by atoms with van der Waals surface area (Å²) in [5.41, 5.74) is 1.24. The van der Waals surface area contributed by atoms with Crippen molar-refractivity contribution in [1.82, 2.24) is 24.8 Å². The van der Waals surface area contributed by atoms with E-state index in [4.69, 9.17) is 0 Å². The molecule has 2 heterocycles. The summed E-state index contributed by atoms with van der Waals surface area (Å²) < 4.78 is 14.4. The number of carbonyl (C=O) groups is 2. The van der Waals surface area contributed by atoms with Gasteiger partial charge in [-0.2, -0.15) is 0 Å². The predicted molar refractivity (Wildman–Crippen MR) is 92.9 cm³/mol. The quantitative estimate of drug-likeness (QED) is 0.808. The molecule has 1 aromatic carbocycles. The lowest BCUT2D eigenvalue weighted by atomic mass is 10.0. The highest BCUT2D eigenvalue weighted by Crippen LogP contribution is 2.23. The first kappa shape index (κ1) is 18.0. The zero-order valence-electron chi connectivity index (χ0n) is 14.9. The molecule has 0 bridgehead atoms. The number of halogens is 1. The number of amides is 2. The van der Waals surface area contributed by atoms with Crippen molar-refractivity contribution in [1.29, 1.82) is 0 Å². The number of hydrogen-bond donors (Lipinski definition) is 0. The Balaban J connectivity index is 1.67. The number of aromatic nitrogens is 3. The van der Waals surface area contributed by atoms with Crippen molar-refractivity contribution in [3.8, 4) is 0 Å². The molecule has 1 unspecified atom stereocenters. The number of nitrogens with zero attached hydrogens (tertiary/aromatic N) is 5. The Hall–Kier alpha value is -2.77. The van der Waals surface area contributed by atoms with Crippen LogP contribution in [-0.2, 0) is 17.8 Å². The number of carbonyl (C=O) groups excluding carboxylic acids is 2. The van der Waals surface area contributed by atoms with Gasteiger partial charge in [-0.15, -0.1) is 5.10 Å². The standard InChI is InChI=1S/C18H22FN5O2/c1-22(2)17(25)12-23-11-16(20-21-23)18(26)24-9-3-4-15(24)10-13-5-7-14(19)8-6-13/h5-8,11,15H,3-4,9-10,12H2,1-2H3. The van der Waals surface area contributed by atoms with Crippen LogP contribution in [0.25, 0.3) is 0 Å². The molecule has 1 aromatic heterocycles. The van der Waals surface area contributed by atoms with Crippen molar-refractivity contribution in [2.75, 3.05) is 20.6 Å². The Bertz CT molecular complexity index is 787. The average Bonchev–Trinajstić information content (AvgIpc) is 3.26. The van der Waals surface area contributed by atoms with E-state index in [-0.39, 0.29) is 35.9 Å².